The first-order valence-corrected chi connectivity index (χ1v) is 8.69. The molecular formula is C16H22N2S. The number of hydrogen-bond acceptors (Lipinski definition) is 2. The molecule has 3 heteroatoms. The van der Waals surface area contributed by atoms with Crippen molar-refractivity contribution in [1.29, 1.82) is 0 Å². The fourth-order valence-corrected chi connectivity index (χ4v) is 5.17. The molecule has 4 rings (SSSR count). The Balaban J connectivity index is 1.80. The number of aryl methyl sites for hydroxylation is 3. The summed E-state index contributed by atoms with van der Waals surface area (Å²) >= 11 is 1.96. The minimum Gasteiger partial charge on any atom is -0.291 e. The summed E-state index contributed by atoms with van der Waals surface area (Å²) in [6, 6.07) is 0. The van der Waals surface area contributed by atoms with Gasteiger partial charge < -0.3 is 0 Å². The third-order valence-corrected chi connectivity index (χ3v) is 6.01. The number of nitrogens with zero attached hydrogens (tertiary/aromatic N) is 2. The molecule has 2 heterocycles. The molecule has 0 saturated carbocycles. The van der Waals surface area contributed by atoms with Crippen LogP contribution in [-0.4, -0.2) is 9.38 Å². The molecule has 102 valence electrons. The first kappa shape index (κ1) is 12.0. The minimum atomic E-state index is 0.900. The lowest BCUT2D eigenvalue weighted by molar-refractivity contribution is 0.413. The van der Waals surface area contributed by atoms with E-state index in [9.17, 15) is 0 Å². The highest BCUT2D eigenvalue weighted by Crippen LogP contribution is 2.36. The summed E-state index contributed by atoms with van der Waals surface area (Å²) in [7, 11) is 0. The Bertz CT molecular complexity index is 608. The maximum Gasteiger partial charge on any atom is 0.194 e. The molecule has 2 aromatic heterocycles. The van der Waals surface area contributed by atoms with Gasteiger partial charge >= 0.3 is 0 Å². The molecule has 0 fully saturated rings. The number of fused-ring (bicyclic) bond motifs is 5. The van der Waals surface area contributed by atoms with E-state index in [0.29, 0.717) is 0 Å². The van der Waals surface area contributed by atoms with E-state index in [0.717, 1.165) is 5.92 Å². The zero-order valence-electron chi connectivity index (χ0n) is 11.7. The van der Waals surface area contributed by atoms with Gasteiger partial charge in [-0.3, -0.25) is 4.40 Å². The average Bonchev–Trinajstić information content (AvgIpc) is 2.94. The van der Waals surface area contributed by atoms with Gasteiger partial charge in [-0.25, -0.2) is 4.98 Å². The van der Waals surface area contributed by atoms with Crippen LogP contribution in [0.4, 0.5) is 0 Å². The SMILES string of the molecule is CCCC1CCc2nc3sc4c(n3c2C1)CCCC4. The molecule has 1 unspecified atom stereocenters. The van der Waals surface area contributed by atoms with Crippen LogP contribution in [-0.2, 0) is 25.7 Å². The second-order valence-electron chi connectivity index (χ2n) is 6.20. The van der Waals surface area contributed by atoms with E-state index >= 15 is 0 Å². The molecule has 0 spiro atoms. The van der Waals surface area contributed by atoms with E-state index in [1.807, 2.05) is 11.3 Å². The molecule has 0 N–H and O–H groups in total. The largest absolute Gasteiger partial charge is 0.291 e. The lowest BCUT2D eigenvalue weighted by Gasteiger charge is -2.22. The fourth-order valence-electron chi connectivity index (χ4n) is 3.92. The van der Waals surface area contributed by atoms with Gasteiger partial charge in [0, 0.05) is 16.3 Å². The second kappa shape index (κ2) is 4.62. The van der Waals surface area contributed by atoms with Gasteiger partial charge in [0.2, 0.25) is 0 Å². The summed E-state index contributed by atoms with van der Waals surface area (Å²) in [5.74, 6) is 0.900. The van der Waals surface area contributed by atoms with Crippen LogP contribution in [0.15, 0.2) is 0 Å². The van der Waals surface area contributed by atoms with Crippen molar-refractivity contribution in [1.82, 2.24) is 9.38 Å². The molecule has 2 nitrogen and oxygen atoms in total. The predicted molar refractivity (Wildman–Crippen MR) is 80.1 cm³/mol. The van der Waals surface area contributed by atoms with Crippen molar-refractivity contribution in [2.45, 2.75) is 64.7 Å². The molecule has 19 heavy (non-hydrogen) atoms. The number of imidazole rings is 1. The fraction of sp³-hybridized carbons (Fsp3) is 0.688. The second-order valence-corrected chi connectivity index (χ2v) is 7.26. The lowest BCUT2D eigenvalue weighted by atomic mass is 9.86. The highest BCUT2D eigenvalue weighted by Gasteiger charge is 2.27. The summed E-state index contributed by atoms with van der Waals surface area (Å²) in [5.41, 5.74) is 4.59. The highest BCUT2D eigenvalue weighted by molar-refractivity contribution is 7.17. The smallest absolute Gasteiger partial charge is 0.194 e. The van der Waals surface area contributed by atoms with Crippen LogP contribution < -0.4 is 0 Å². The van der Waals surface area contributed by atoms with Gasteiger partial charge in [-0.2, -0.15) is 0 Å². The maximum absolute atomic E-state index is 4.93. The van der Waals surface area contributed by atoms with Gasteiger partial charge in [-0.15, -0.1) is 11.3 Å². The Labute approximate surface area is 118 Å². The number of rotatable bonds is 2. The van der Waals surface area contributed by atoms with E-state index < -0.39 is 0 Å². The van der Waals surface area contributed by atoms with E-state index in [1.54, 1.807) is 16.3 Å². The summed E-state index contributed by atoms with van der Waals surface area (Å²) in [5, 5.41) is 0. The quantitative estimate of drug-likeness (QED) is 0.803. The summed E-state index contributed by atoms with van der Waals surface area (Å²) < 4.78 is 2.55. The van der Waals surface area contributed by atoms with Crippen LogP contribution >= 0.6 is 11.3 Å². The molecule has 2 aliphatic rings. The van der Waals surface area contributed by atoms with Gasteiger partial charge in [-0.1, -0.05) is 19.8 Å². The Hall–Kier alpha value is -0.830. The van der Waals surface area contributed by atoms with Crippen LogP contribution in [0.2, 0.25) is 0 Å². The topological polar surface area (TPSA) is 17.3 Å². The molecule has 0 radical (unpaired) electrons. The van der Waals surface area contributed by atoms with Crippen LogP contribution in [0, 0.1) is 5.92 Å². The molecule has 0 bridgehead atoms. The standard InChI is InChI=1S/C16H22N2S/c1-2-5-11-8-9-12-14(10-11)18-13-6-3-4-7-15(13)19-16(18)17-12/h11H,2-10H2,1H3. The molecule has 2 aliphatic carbocycles. The van der Waals surface area contributed by atoms with Gasteiger partial charge in [0.25, 0.3) is 0 Å². The van der Waals surface area contributed by atoms with Crippen molar-refractivity contribution in [3.63, 3.8) is 0 Å². The van der Waals surface area contributed by atoms with Gasteiger partial charge in [0.15, 0.2) is 4.96 Å². The third kappa shape index (κ3) is 1.85. The van der Waals surface area contributed by atoms with Crippen molar-refractivity contribution in [3.05, 3.63) is 22.0 Å². The number of thiazole rings is 1. The number of aromatic nitrogens is 2. The monoisotopic (exact) mass is 274 g/mol. The molecule has 0 saturated heterocycles. The van der Waals surface area contributed by atoms with E-state index in [-0.39, 0.29) is 0 Å². The van der Waals surface area contributed by atoms with Crippen LogP contribution in [0.25, 0.3) is 4.96 Å². The normalized spacial score (nSPS) is 22.5. The summed E-state index contributed by atoms with van der Waals surface area (Å²) in [4.78, 5) is 7.84. The Kier molecular flexibility index (Phi) is 2.91. The Morgan fingerprint density at radius 3 is 3.00 bits per heavy atom. The van der Waals surface area contributed by atoms with Crippen molar-refractivity contribution >= 4 is 16.3 Å². The highest BCUT2D eigenvalue weighted by atomic mass is 32.1. The van der Waals surface area contributed by atoms with E-state index in [4.69, 9.17) is 4.98 Å². The number of hydrogen-bond donors (Lipinski definition) is 0. The summed E-state index contributed by atoms with van der Waals surface area (Å²) in [6.07, 6.45) is 11.8. The third-order valence-electron chi connectivity index (χ3n) is 4.87. The van der Waals surface area contributed by atoms with Gasteiger partial charge in [-0.05, 0) is 50.9 Å². The summed E-state index contributed by atoms with van der Waals surface area (Å²) in [6.45, 7) is 2.31. The van der Waals surface area contributed by atoms with Crippen molar-refractivity contribution in [2.75, 3.05) is 0 Å². The van der Waals surface area contributed by atoms with E-state index in [2.05, 4.69) is 11.3 Å². The zero-order valence-corrected chi connectivity index (χ0v) is 12.6. The Morgan fingerprint density at radius 1 is 1.21 bits per heavy atom. The maximum atomic E-state index is 4.93. The van der Waals surface area contributed by atoms with Crippen molar-refractivity contribution in [3.8, 4) is 0 Å². The minimum absolute atomic E-state index is 0.900. The zero-order chi connectivity index (χ0) is 12.8. The molecule has 0 aromatic carbocycles. The molecule has 2 aromatic rings. The van der Waals surface area contributed by atoms with Crippen molar-refractivity contribution in [2.24, 2.45) is 5.92 Å². The Morgan fingerprint density at radius 2 is 2.11 bits per heavy atom. The van der Waals surface area contributed by atoms with Crippen molar-refractivity contribution < 1.29 is 0 Å². The van der Waals surface area contributed by atoms with Gasteiger partial charge in [0.1, 0.15) is 0 Å². The predicted octanol–water partition coefficient (Wildman–Crippen LogP) is 4.18. The molecule has 0 amide bonds. The first-order valence-electron chi connectivity index (χ1n) is 7.87. The average molecular weight is 274 g/mol. The molecular weight excluding hydrogens is 252 g/mol. The van der Waals surface area contributed by atoms with Crippen LogP contribution in [0.5, 0.6) is 0 Å². The molecule has 1 atom stereocenters. The molecule has 0 aliphatic heterocycles. The van der Waals surface area contributed by atoms with E-state index in [1.165, 1.54) is 68.4 Å². The van der Waals surface area contributed by atoms with Crippen LogP contribution in [0.1, 0.15) is 61.0 Å². The first-order chi connectivity index (χ1) is 9.36. The lowest BCUT2D eigenvalue weighted by Crippen LogP contribution is -2.16. The van der Waals surface area contributed by atoms with Crippen LogP contribution in [0.3, 0.4) is 0 Å². The van der Waals surface area contributed by atoms with Gasteiger partial charge in [0.05, 0.1) is 5.69 Å².